The van der Waals surface area contributed by atoms with Crippen molar-refractivity contribution in [3.63, 3.8) is 0 Å². The molecule has 0 aromatic heterocycles. The average molecular weight is 277 g/mol. The van der Waals surface area contributed by atoms with Crippen molar-refractivity contribution in [3.05, 3.63) is 0 Å². The second-order valence-corrected chi connectivity index (χ2v) is 9.75. The van der Waals surface area contributed by atoms with Gasteiger partial charge in [0, 0.05) is 0 Å². The number of fused-ring (bicyclic) bond motifs is 3. The molecule has 0 amide bonds. The van der Waals surface area contributed by atoms with Crippen molar-refractivity contribution in [3.8, 4) is 0 Å². The predicted molar refractivity (Wildman–Crippen MR) is 87.7 cm³/mol. The van der Waals surface area contributed by atoms with Gasteiger partial charge in [0.25, 0.3) is 0 Å². The van der Waals surface area contributed by atoms with Crippen molar-refractivity contribution in [2.24, 2.45) is 34.0 Å². The fourth-order valence-corrected chi connectivity index (χ4v) is 6.82. The fourth-order valence-electron chi connectivity index (χ4n) is 6.82. The van der Waals surface area contributed by atoms with Crippen LogP contribution in [0.2, 0.25) is 0 Å². The lowest BCUT2D eigenvalue weighted by Crippen LogP contribution is -2.53. The average Bonchev–Trinajstić information content (AvgIpc) is 2.37. The molecule has 0 N–H and O–H groups in total. The van der Waals surface area contributed by atoms with E-state index in [-0.39, 0.29) is 0 Å². The maximum atomic E-state index is 2.68. The molecule has 20 heavy (non-hydrogen) atoms. The van der Waals surface area contributed by atoms with Crippen LogP contribution in [0.25, 0.3) is 0 Å². The summed E-state index contributed by atoms with van der Waals surface area (Å²) in [5.41, 5.74) is 1.93. The smallest absolute Gasteiger partial charge is 0.0261 e. The summed E-state index contributed by atoms with van der Waals surface area (Å²) in [6, 6.07) is 0. The Morgan fingerprint density at radius 1 is 0.900 bits per heavy atom. The first-order valence-electron chi connectivity index (χ1n) is 9.31. The Labute approximate surface area is 127 Å². The maximum absolute atomic E-state index is 2.68. The molecule has 0 spiro atoms. The third-order valence-corrected chi connectivity index (χ3v) is 8.19. The van der Waals surface area contributed by atoms with Crippen molar-refractivity contribution in [1.29, 1.82) is 0 Å². The normalized spacial score (nSPS) is 51.1. The summed E-state index contributed by atoms with van der Waals surface area (Å²) in [6.45, 7) is 12.8. The summed E-state index contributed by atoms with van der Waals surface area (Å²) in [6.07, 6.45) is 13.5. The van der Waals surface area contributed by atoms with E-state index in [0.29, 0.717) is 16.2 Å². The summed E-state index contributed by atoms with van der Waals surface area (Å²) in [7, 11) is 0. The van der Waals surface area contributed by atoms with Gasteiger partial charge in [-0.15, -0.1) is 0 Å². The summed E-state index contributed by atoms with van der Waals surface area (Å²) >= 11 is 0. The van der Waals surface area contributed by atoms with Crippen molar-refractivity contribution >= 4 is 0 Å². The van der Waals surface area contributed by atoms with Crippen molar-refractivity contribution in [2.75, 3.05) is 0 Å². The second-order valence-electron chi connectivity index (χ2n) is 9.75. The summed E-state index contributed by atoms with van der Waals surface area (Å²) in [5.74, 6) is 3.08. The van der Waals surface area contributed by atoms with Crippen LogP contribution in [0.15, 0.2) is 0 Å². The van der Waals surface area contributed by atoms with E-state index < -0.39 is 0 Å². The highest BCUT2D eigenvalue weighted by molar-refractivity contribution is 5.05. The third-order valence-electron chi connectivity index (χ3n) is 8.19. The van der Waals surface area contributed by atoms with Gasteiger partial charge in [0.15, 0.2) is 0 Å². The van der Waals surface area contributed by atoms with Crippen LogP contribution in [0.5, 0.6) is 0 Å². The monoisotopic (exact) mass is 276 g/mol. The van der Waals surface area contributed by atoms with Crippen molar-refractivity contribution in [2.45, 2.75) is 92.4 Å². The van der Waals surface area contributed by atoms with Gasteiger partial charge in [-0.2, -0.15) is 0 Å². The zero-order chi connectivity index (χ0) is 14.6. The number of rotatable bonds is 1. The van der Waals surface area contributed by atoms with Gasteiger partial charge < -0.3 is 0 Å². The molecule has 0 nitrogen and oxygen atoms in total. The summed E-state index contributed by atoms with van der Waals surface area (Å²) in [5, 5.41) is 0. The minimum Gasteiger partial charge on any atom is -0.0649 e. The Hall–Kier alpha value is 0. The molecular formula is C20H36. The minimum atomic E-state index is 0.601. The van der Waals surface area contributed by atoms with Crippen LogP contribution >= 0.6 is 0 Å². The lowest BCUT2D eigenvalue weighted by Gasteiger charge is -2.62. The molecule has 0 heteroatoms. The van der Waals surface area contributed by atoms with Crippen LogP contribution in [-0.4, -0.2) is 0 Å². The zero-order valence-corrected chi connectivity index (χ0v) is 14.6. The Bertz CT molecular complexity index is 368. The van der Waals surface area contributed by atoms with E-state index >= 15 is 0 Å². The van der Waals surface area contributed by atoms with E-state index in [1.54, 1.807) is 0 Å². The van der Waals surface area contributed by atoms with Gasteiger partial charge in [-0.1, -0.05) is 47.5 Å². The van der Waals surface area contributed by atoms with Crippen molar-refractivity contribution < 1.29 is 0 Å². The van der Waals surface area contributed by atoms with Gasteiger partial charge in [0.05, 0.1) is 0 Å². The van der Waals surface area contributed by atoms with Gasteiger partial charge in [0.1, 0.15) is 0 Å². The molecule has 0 bridgehead atoms. The first-order chi connectivity index (χ1) is 9.31. The SMILES string of the molecule is CC[C@]1(C)CC[C@H]2[C@@H](CCC3C(C)(C)CCC[C@@]32C)C1. The van der Waals surface area contributed by atoms with Crippen LogP contribution in [-0.2, 0) is 0 Å². The van der Waals surface area contributed by atoms with Gasteiger partial charge in [-0.25, -0.2) is 0 Å². The lowest BCUT2D eigenvalue weighted by molar-refractivity contribution is -0.124. The quantitative estimate of drug-likeness (QED) is 0.516. The van der Waals surface area contributed by atoms with Gasteiger partial charge in [-0.05, 0) is 78.9 Å². The Morgan fingerprint density at radius 3 is 2.35 bits per heavy atom. The van der Waals surface area contributed by atoms with Gasteiger partial charge >= 0.3 is 0 Å². The third kappa shape index (κ3) is 2.17. The highest BCUT2D eigenvalue weighted by Gasteiger charge is 2.56. The summed E-state index contributed by atoms with van der Waals surface area (Å²) in [4.78, 5) is 0. The fraction of sp³-hybridized carbons (Fsp3) is 1.00. The van der Waals surface area contributed by atoms with Gasteiger partial charge in [-0.3, -0.25) is 0 Å². The molecule has 0 heterocycles. The molecule has 3 aliphatic carbocycles. The van der Waals surface area contributed by atoms with E-state index in [1.807, 2.05) is 0 Å². The predicted octanol–water partition coefficient (Wildman–Crippen LogP) is 6.45. The minimum absolute atomic E-state index is 0.601. The number of hydrogen-bond acceptors (Lipinski definition) is 0. The largest absolute Gasteiger partial charge is 0.0649 e. The molecule has 1 unspecified atom stereocenters. The Morgan fingerprint density at radius 2 is 1.65 bits per heavy atom. The van der Waals surface area contributed by atoms with E-state index in [2.05, 4.69) is 34.6 Å². The van der Waals surface area contributed by atoms with E-state index in [9.17, 15) is 0 Å². The summed E-state index contributed by atoms with van der Waals surface area (Å²) < 4.78 is 0. The molecule has 0 aliphatic heterocycles. The van der Waals surface area contributed by atoms with Crippen LogP contribution in [0.1, 0.15) is 92.4 Å². The molecule has 3 saturated carbocycles. The molecule has 0 saturated heterocycles. The molecule has 116 valence electrons. The van der Waals surface area contributed by atoms with Crippen LogP contribution in [0, 0.1) is 34.0 Å². The molecule has 3 fully saturated rings. The van der Waals surface area contributed by atoms with Crippen LogP contribution < -0.4 is 0 Å². The highest BCUT2D eigenvalue weighted by atomic mass is 14.6. The lowest BCUT2D eigenvalue weighted by atomic mass is 9.43. The Kier molecular flexibility index (Phi) is 3.54. The van der Waals surface area contributed by atoms with Gasteiger partial charge in [0.2, 0.25) is 0 Å². The highest BCUT2D eigenvalue weighted by Crippen LogP contribution is 2.65. The number of hydrogen-bond donors (Lipinski definition) is 0. The molecule has 3 rings (SSSR count). The Balaban J connectivity index is 1.85. The zero-order valence-electron chi connectivity index (χ0n) is 14.6. The molecule has 0 radical (unpaired) electrons. The maximum Gasteiger partial charge on any atom is -0.0261 e. The molecule has 0 aromatic carbocycles. The molecule has 3 aliphatic rings. The van der Waals surface area contributed by atoms with Crippen LogP contribution in [0.3, 0.4) is 0 Å². The standard InChI is InChI=1S/C20H36/c1-6-19(4)13-10-16-15(14-19)8-9-17-18(2,3)11-7-12-20(16,17)5/h15-17H,6-14H2,1-5H3/t15-,16-,17?,19+,20+/m0/s1. The van der Waals surface area contributed by atoms with Crippen LogP contribution in [0.4, 0.5) is 0 Å². The molecular weight excluding hydrogens is 240 g/mol. The topological polar surface area (TPSA) is 0 Å². The van der Waals surface area contributed by atoms with E-state index in [4.69, 9.17) is 0 Å². The molecule has 5 atom stereocenters. The first-order valence-corrected chi connectivity index (χ1v) is 9.31. The molecule has 0 aromatic rings. The van der Waals surface area contributed by atoms with E-state index in [0.717, 1.165) is 17.8 Å². The second kappa shape index (κ2) is 4.75. The first kappa shape index (κ1) is 14.9. The van der Waals surface area contributed by atoms with E-state index in [1.165, 1.54) is 57.8 Å². The van der Waals surface area contributed by atoms with Crippen molar-refractivity contribution in [1.82, 2.24) is 0 Å².